The molecule has 3 aromatic rings. The molecular formula is C28H32N2O6. The van der Waals surface area contributed by atoms with E-state index in [4.69, 9.17) is 9.47 Å². The highest BCUT2D eigenvalue weighted by Gasteiger charge is 2.32. The Bertz CT molecular complexity index is 1250. The first kappa shape index (κ1) is 27.0. The number of Topliss-reactive ketones (excluding diaryl/α,β-unsaturated/α-hetero) is 2. The van der Waals surface area contributed by atoms with Crippen molar-refractivity contribution in [3.8, 4) is 11.1 Å². The van der Waals surface area contributed by atoms with Gasteiger partial charge in [0.25, 0.3) is 0 Å². The van der Waals surface area contributed by atoms with Crippen LogP contribution in [0.15, 0.2) is 48.5 Å². The van der Waals surface area contributed by atoms with Crippen molar-refractivity contribution in [2.24, 2.45) is 0 Å². The van der Waals surface area contributed by atoms with Gasteiger partial charge in [-0.3, -0.25) is 9.59 Å². The van der Waals surface area contributed by atoms with Gasteiger partial charge < -0.3 is 19.1 Å². The summed E-state index contributed by atoms with van der Waals surface area (Å²) in [5, 5.41) is 10.7. The number of imidazole rings is 1. The quantitative estimate of drug-likeness (QED) is 0.241. The fourth-order valence-electron chi connectivity index (χ4n) is 3.90. The average molecular weight is 493 g/mol. The van der Waals surface area contributed by atoms with E-state index in [1.54, 1.807) is 43.5 Å². The van der Waals surface area contributed by atoms with Gasteiger partial charge >= 0.3 is 5.97 Å². The molecule has 0 radical (unpaired) electrons. The number of hydrogen-bond acceptors (Lipinski definition) is 7. The highest BCUT2D eigenvalue weighted by molar-refractivity contribution is 6.44. The van der Waals surface area contributed by atoms with Gasteiger partial charge in [-0.25, -0.2) is 9.78 Å². The molecule has 8 nitrogen and oxygen atoms in total. The van der Waals surface area contributed by atoms with Crippen molar-refractivity contribution in [3.63, 3.8) is 0 Å². The number of nitrogens with zero attached hydrogens (tertiary/aromatic N) is 2. The minimum Gasteiger partial charge on any atom is -0.461 e. The van der Waals surface area contributed by atoms with Crippen molar-refractivity contribution in [3.05, 3.63) is 76.9 Å². The SMILES string of the molecule is CCOCc1nc(C(C)(C)O)c(C(=O)OCC)n1Cc1ccc(-c2ccccc2C(=O)C(C)=O)cc1. The van der Waals surface area contributed by atoms with Gasteiger partial charge in [0, 0.05) is 25.6 Å². The number of benzene rings is 2. The predicted molar refractivity (Wildman–Crippen MR) is 135 cm³/mol. The number of carbonyl (C=O) groups is 3. The van der Waals surface area contributed by atoms with Crippen LogP contribution in [0, 0.1) is 0 Å². The molecule has 3 rings (SSSR count). The second-order valence-corrected chi connectivity index (χ2v) is 8.86. The molecule has 0 atom stereocenters. The third kappa shape index (κ3) is 5.95. The molecule has 0 fully saturated rings. The van der Waals surface area contributed by atoms with Crippen LogP contribution in [0.1, 0.15) is 72.5 Å². The molecule has 190 valence electrons. The van der Waals surface area contributed by atoms with Crippen LogP contribution in [0.5, 0.6) is 0 Å². The predicted octanol–water partition coefficient (Wildman–Crippen LogP) is 4.31. The van der Waals surface area contributed by atoms with Gasteiger partial charge in [-0.2, -0.15) is 0 Å². The molecule has 0 amide bonds. The summed E-state index contributed by atoms with van der Waals surface area (Å²) in [6.45, 7) is 9.08. The summed E-state index contributed by atoms with van der Waals surface area (Å²) < 4.78 is 12.6. The molecule has 36 heavy (non-hydrogen) atoms. The van der Waals surface area contributed by atoms with E-state index in [2.05, 4.69) is 4.98 Å². The van der Waals surface area contributed by atoms with E-state index in [-0.39, 0.29) is 31.1 Å². The normalized spacial score (nSPS) is 11.4. The van der Waals surface area contributed by atoms with Crippen molar-refractivity contribution in [2.45, 2.75) is 53.4 Å². The molecule has 0 bridgehead atoms. The molecule has 0 aliphatic rings. The third-order valence-corrected chi connectivity index (χ3v) is 5.63. The molecule has 1 N–H and O–H groups in total. The third-order valence-electron chi connectivity index (χ3n) is 5.63. The minimum atomic E-state index is -1.37. The molecule has 1 aromatic heterocycles. The van der Waals surface area contributed by atoms with Gasteiger partial charge in [-0.15, -0.1) is 0 Å². The van der Waals surface area contributed by atoms with Crippen molar-refractivity contribution >= 4 is 17.5 Å². The zero-order valence-electron chi connectivity index (χ0n) is 21.3. The molecule has 0 unspecified atom stereocenters. The van der Waals surface area contributed by atoms with Crippen molar-refractivity contribution in [1.82, 2.24) is 9.55 Å². The summed E-state index contributed by atoms with van der Waals surface area (Å²) in [6.07, 6.45) is 0. The number of carbonyl (C=O) groups excluding carboxylic acids is 3. The number of hydrogen-bond donors (Lipinski definition) is 1. The highest BCUT2D eigenvalue weighted by atomic mass is 16.5. The Kier molecular flexibility index (Phi) is 8.55. The first-order valence-electron chi connectivity index (χ1n) is 11.9. The second kappa shape index (κ2) is 11.4. The fraction of sp³-hybridized carbons (Fsp3) is 0.357. The second-order valence-electron chi connectivity index (χ2n) is 8.86. The van der Waals surface area contributed by atoms with E-state index >= 15 is 0 Å². The van der Waals surface area contributed by atoms with E-state index in [0.717, 1.165) is 11.1 Å². The zero-order chi connectivity index (χ0) is 26.5. The molecular weight excluding hydrogens is 460 g/mol. The Morgan fingerprint density at radius 3 is 2.25 bits per heavy atom. The number of esters is 1. The molecule has 8 heteroatoms. The number of aliphatic hydroxyl groups is 1. The van der Waals surface area contributed by atoms with Crippen LogP contribution in [-0.2, 0) is 33.0 Å². The van der Waals surface area contributed by atoms with Crippen molar-refractivity contribution < 1.29 is 29.0 Å². The lowest BCUT2D eigenvalue weighted by Crippen LogP contribution is -2.23. The summed E-state index contributed by atoms with van der Waals surface area (Å²) in [5.74, 6) is -1.13. The Labute approximate surface area is 210 Å². The van der Waals surface area contributed by atoms with Crippen LogP contribution in [0.25, 0.3) is 11.1 Å². The average Bonchev–Trinajstić information content (AvgIpc) is 3.21. The largest absolute Gasteiger partial charge is 0.461 e. The van der Waals surface area contributed by atoms with Crippen LogP contribution < -0.4 is 0 Å². The van der Waals surface area contributed by atoms with Crippen molar-refractivity contribution in [2.75, 3.05) is 13.2 Å². The maximum Gasteiger partial charge on any atom is 0.357 e. The summed E-state index contributed by atoms with van der Waals surface area (Å²) in [4.78, 5) is 41.5. The number of ether oxygens (including phenoxy) is 2. The van der Waals surface area contributed by atoms with Crippen molar-refractivity contribution in [1.29, 1.82) is 0 Å². The molecule has 0 saturated heterocycles. The highest BCUT2D eigenvalue weighted by Crippen LogP contribution is 2.28. The Morgan fingerprint density at radius 2 is 1.67 bits per heavy atom. The van der Waals surface area contributed by atoms with Gasteiger partial charge in [-0.1, -0.05) is 48.5 Å². The lowest BCUT2D eigenvalue weighted by atomic mass is 9.95. The van der Waals surface area contributed by atoms with Crippen LogP contribution in [-0.4, -0.2) is 45.4 Å². The molecule has 0 spiro atoms. The van der Waals surface area contributed by atoms with Gasteiger partial charge in [0.1, 0.15) is 23.7 Å². The smallest absolute Gasteiger partial charge is 0.357 e. The number of ketones is 2. The van der Waals surface area contributed by atoms with Gasteiger partial charge in [0.2, 0.25) is 5.78 Å². The zero-order valence-corrected chi connectivity index (χ0v) is 21.3. The standard InChI is InChI=1S/C28H32N2O6/c1-6-35-17-23-29-26(28(4,5)34)24(27(33)36-7-2)30(23)16-19-12-14-20(15-13-19)21-10-8-9-11-22(21)25(32)18(3)31/h8-15,34H,6-7,16-17H2,1-5H3. The molecule has 2 aromatic carbocycles. The van der Waals surface area contributed by atoms with Gasteiger partial charge in [0.05, 0.1) is 6.61 Å². The van der Waals surface area contributed by atoms with Crippen LogP contribution >= 0.6 is 0 Å². The maximum atomic E-state index is 12.9. The first-order valence-corrected chi connectivity index (χ1v) is 11.9. The molecule has 1 heterocycles. The molecule has 0 aliphatic heterocycles. The van der Waals surface area contributed by atoms with Crippen LogP contribution in [0.2, 0.25) is 0 Å². The van der Waals surface area contributed by atoms with E-state index in [9.17, 15) is 19.5 Å². The van der Waals surface area contributed by atoms with E-state index in [0.29, 0.717) is 23.6 Å². The Morgan fingerprint density at radius 1 is 1.00 bits per heavy atom. The maximum absolute atomic E-state index is 12.9. The van der Waals surface area contributed by atoms with Crippen LogP contribution in [0.4, 0.5) is 0 Å². The van der Waals surface area contributed by atoms with Gasteiger partial charge in [0.15, 0.2) is 11.5 Å². The Balaban J connectivity index is 2.03. The first-order chi connectivity index (χ1) is 17.1. The minimum absolute atomic E-state index is 0.164. The van der Waals surface area contributed by atoms with E-state index in [1.165, 1.54) is 6.92 Å². The topological polar surface area (TPSA) is 108 Å². The lowest BCUT2D eigenvalue weighted by molar-refractivity contribution is -0.113. The Hall–Kier alpha value is -3.62. The van der Waals surface area contributed by atoms with Crippen LogP contribution in [0.3, 0.4) is 0 Å². The summed E-state index contributed by atoms with van der Waals surface area (Å²) >= 11 is 0. The summed E-state index contributed by atoms with van der Waals surface area (Å²) in [7, 11) is 0. The summed E-state index contributed by atoms with van der Waals surface area (Å²) in [6, 6.07) is 14.5. The monoisotopic (exact) mass is 492 g/mol. The lowest BCUT2D eigenvalue weighted by Gasteiger charge is -2.17. The fourth-order valence-corrected chi connectivity index (χ4v) is 3.90. The van der Waals surface area contributed by atoms with E-state index < -0.39 is 23.1 Å². The molecule has 0 saturated carbocycles. The number of rotatable bonds is 11. The van der Waals surface area contributed by atoms with E-state index in [1.807, 2.05) is 37.3 Å². The van der Waals surface area contributed by atoms with Gasteiger partial charge in [-0.05, 0) is 44.4 Å². The summed E-state index contributed by atoms with van der Waals surface area (Å²) in [5.41, 5.74) is 1.70. The number of aromatic nitrogens is 2. The molecule has 0 aliphatic carbocycles.